The van der Waals surface area contributed by atoms with Gasteiger partial charge in [0.05, 0.1) is 12.6 Å². The Bertz CT molecular complexity index is 1230. The summed E-state index contributed by atoms with van der Waals surface area (Å²) in [5, 5.41) is 14.8. The van der Waals surface area contributed by atoms with Gasteiger partial charge in [-0.05, 0) is 30.3 Å². The first kappa shape index (κ1) is 16.8. The summed E-state index contributed by atoms with van der Waals surface area (Å²) in [7, 11) is 3.02. The summed E-state index contributed by atoms with van der Waals surface area (Å²) < 4.78 is 25.1. The highest BCUT2D eigenvalue weighted by Crippen LogP contribution is 2.33. The molecule has 7 nitrogen and oxygen atoms in total. The van der Waals surface area contributed by atoms with Crippen LogP contribution in [0.15, 0.2) is 51.8 Å². The van der Waals surface area contributed by atoms with Crippen LogP contribution in [0, 0.1) is 5.82 Å². The number of fused-ring (bicyclic) bond motifs is 1. The number of ether oxygens (including phenoxy) is 1. The van der Waals surface area contributed by atoms with Gasteiger partial charge in [-0.1, -0.05) is 17.3 Å². The first-order valence-electron chi connectivity index (χ1n) is 7.99. The second-order valence-electron chi connectivity index (χ2n) is 5.90. The second kappa shape index (κ2) is 6.24. The number of hydrogen-bond acceptors (Lipinski definition) is 6. The number of aromatic nitrogens is 3. The van der Waals surface area contributed by atoms with E-state index >= 15 is 0 Å². The van der Waals surface area contributed by atoms with Gasteiger partial charge in [-0.25, -0.2) is 4.39 Å². The van der Waals surface area contributed by atoms with Gasteiger partial charge in [-0.2, -0.15) is 4.98 Å². The molecule has 2 aromatic carbocycles. The number of aromatic hydroxyl groups is 1. The fraction of sp³-hybridized carbons (Fsp3) is 0.105. The summed E-state index contributed by atoms with van der Waals surface area (Å²) in [6.45, 7) is 0. The van der Waals surface area contributed by atoms with Crippen LogP contribution in [-0.4, -0.2) is 26.9 Å². The molecule has 0 saturated carbocycles. The lowest BCUT2D eigenvalue weighted by Crippen LogP contribution is -2.19. The number of hydrogen-bond donors (Lipinski definition) is 1. The lowest BCUT2D eigenvalue weighted by molar-refractivity contribution is 0.414. The van der Waals surface area contributed by atoms with Gasteiger partial charge >= 0.3 is 0 Å². The van der Waals surface area contributed by atoms with Gasteiger partial charge in [0.2, 0.25) is 5.82 Å². The third kappa shape index (κ3) is 2.71. The zero-order valence-corrected chi connectivity index (χ0v) is 14.4. The molecule has 136 valence electrons. The minimum Gasteiger partial charge on any atom is -0.506 e. The highest BCUT2D eigenvalue weighted by atomic mass is 19.1. The fourth-order valence-electron chi connectivity index (χ4n) is 2.89. The van der Waals surface area contributed by atoms with E-state index in [4.69, 9.17) is 9.26 Å². The van der Waals surface area contributed by atoms with Crippen molar-refractivity contribution in [2.24, 2.45) is 7.05 Å². The number of halogens is 1. The average molecular weight is 367 g/mol. The molecule has 0 fully saturated rings. The Morgan fingerprint density at radius 2 is 2.04 bits per heavy atom. The molecule has 2 aromatic heterocycles. The highest BCUT2D eigenvalue weighted by Gasteiger charge is 2.22. The fourth-order valence-corrected chi connectivity index (χ4v) is 2.89. The van der Waals surface area contributed by atoms with Gasteiger partial charge in [-0.15, -0.1) is 0 Å². The molecule has 0 spiro atoms. The third-order valence-corrected chi connectivity index (χ3v) is 4.30. The predicted octanol–water partition coefficient (Wildman–Crippen LogP) is 3.11. The van der Waals surface area contributed by atoms with E-state index in [2.05, 4.69) is 10.1 Å². The van der Waals surface area contributed by atoms with E-state index in [-0.39, 0.29) is 28.5 Å². The minimum absolute atomic E-state index is 0.128. The van der Waals surface area contributed by atoms with Gasteiger partial charge in [0.25, 0.3) is 11.4 Å². The quantitative estimate of drug-likeness (QED) is 0.598. The van der Waals surface area contributed by atoms with E-state index in [9.17, 15) is 14.3 Å². The van der Waals surface area contributed by atoms with Crippen molar-refractivity contribution in [2.75, 3.05) is 7.11 Å². The Hall–Kier alpha value is -3.68. The molecule has 4 aromatic rings. The van der Waals surface area contributed by atoms with Crippen LogP contribution < -0.4 is 10.3 Å². The van der Waals surface area contributed by atoms with Gasteiger partial charge < -0.3 is 18.9 Å². The van der Waals surface area contributed by atoms with Crippen LogP contribution in [0.5, 0.6) is 11.5 Å². The third-order valence-electron chi connectivity index (χ3n) is 4.30. The second-order valence-corrected chi connectivity index (χ2v) is 5.90. The maximum absolute atomic E-state index is 13.5. The zero-order chi connectivity index (χ0) is 19.1. The molecule has 0 aliphatic carbocycles. The van der Waals surface area contributed by atoms with E-state index in [1.165, 1.54) is 29.8 Å². The van der Waals surface area contributed by atoms with Crippen molar-refractivity contribution < 1.29 is 18.8 Å². The molecule has 0 saturated heterocycles. The van der Waals surface area contributed by atoms with Crippen molar-refractivity contribution in [2.45, 2.75) is 0 Å². The number of nitrogens with zero attached hydrogens (tertiary/aromatic N) is 3. The number of methoxy groups -OCH3 is 1. The molecule has 2 heterocycles. The molecule has 0 atom stereocenters. The molecule has 4 rings (SSSR count). The van der Waals surface area contributed by atoms with Crippen LogP contribution in [0.3, 0.4) is 0 Å². The molecular formula is C19H14FN3O4. The zero-order valence-electron chi connectivity index (χ0n) is 14.4. The molecule has 0 bridgehead atoms. The summed E-state index contributed by atoms with van der Waals surface area (Å²) in [4.78, 5) is 16.9. The predicted molar refractivity (Wildman–Crippen MR) is 96.1 cm³/mol. The van der Waals surface area contributed by atoms with Crippen LogP contribution >= 0.6 is 0 Å². The summed E-state index contributed by atoms with van der Waals surface area (Å²) in [6, 6.07) is 10.8. The van der Waals surface area contributed by atoms with Crippen molar-refractivity contribution in [3.05, 3.63) is 58.6 Å². The standard InChI is InChI=1S/C19H14FN3O4/c1-23-14-9-11(20)6-7-13(14)16(24)15(19(23)25)18-21-17(22-27-18)10-4-3-5-12(8-10)26-2/h3-9,24H,1-2H3. The maximum Gasteiger partial charge on any atom is 0.267 e. The number of aryl methyl sites for hydroxylation is 1. The largest absolute Gasteiger partial charge is 0.506 e. The Balaban J connectivity index is 1.90. The van der Waals surface area contributed by atoms with Gasteiger partial charge in [0, 0.05) is 18.0 Å². The monoisotopic (exact) mass is 367 g/mol. The first-order valence-corrected chi connectivity index (χ1v) is 7.99. The van der Waals surface area contributed by atoms with E-state index in [0.29, 0.717) is 16.7 Å². The van der Waals surface area contributed by atoms with Crippen molar-refractivity contribution in [3.63, 3.8) is 0 Å². The molecule has 0 radical (unpaired) electrons. The Kier molecular flexibility index (Phi) is 3.88. The Morgan fingerprint density at radius 3 is 2.81 bits per heavy atom. The topological polar surface area (TPSA) is 90.4 Å². The summed E-state index contributed by atoms with van der Waals surface area (Å²) in [5.74, 6) is -0.122. The van der Waals surface area contributed by atoms with Crippen LogP contribution in [0.4, 0.5) is 4.39 Å². The van der Waals surface area contributed by atoms with Gasteiger partial charge in [-0.3, -0.25) is 4.79 Å². The SMILES string of the molecule is COc1cccc(-c2noc(-c3c(O)c4ccc(F)cc4n(C)c3=O)n2)c1. The number of benzene rings is 2. The van der Waals surface area contributed by atoms with Crippen LogP contribution in [0.2, 0.25) is 0 Å². The average Bonchev–Trinajstić information content (AvgIpc) is 3.16. The lowest BCUT2D eigenvalue weighted by Gasteiger charge is -2.09. The summed E-state index contributed by atoms with van der Waals surface area (Å²) >= 11 is 0. The van der Waals surface area contributed by atoms with Crippen molar-refractivity contribution in [1.82, 2.24) is 14.7 Å². The molecule has 1 N–H and O–H groups in total. The van der Waals surface area contributed by atoms with Crippen LogP contribution in [-0.2, 0) is 7.05 Å². The Labute approximate surface area is 152 Å². The van der Waals surface area contributed by atoms with Crippen LogP contribution in [0.1, 0.15) is 0 Å². The molecule has 0 aliphatic heterocycles. The smallest absolute Gasteiger partial charge is 0.267 e. The normalized spacial score (nSPS) is 11.1. The maximum atomic E-state index is 13.5. The lowest BCUT2D eigenvalue weighted by atomic mass is 10.1. The van der Waals surface area contributed by atoms with Crippen molar-refractivity contribution in [1.29, 1.82) is 0 Å². The van der Waals surface area contributed by atoms with Crippen molar-refractivity contribution in [3.8, 4) is 34.3 Å². The summed E-state index contributed by atoms with van der Waals surface area (Å²) in [5.41, 5.74) is 0.169. The molecule has 27 heavy (non-hydrogen) atoms. The van der Waals surface area contributed by atoms with E-state index in [1.807, 2.05) is 0 Å². The first-order chi connectivity index (χ1) is 13.0. The molecule has 0 unspecified atom stereocenters. The molecule has 8 heteroatoms. The highest BCUT2D eigenvalue weighted by molar-refractivity contribution is 5.91. The summed E-state index contributed by atoms with van der Waals surface area (Å²) in [6.07, 6.45) is 0. The van der Waals surface area contributed by atoms with Crippen molar-refractivity contribution >= 4 is 10.9 Å². The van der Waals surface area contributed by atoms with E-state index < -0.39 is 11.4 Å². The number of rotatable bonds is 3. The molecular weight excluding hydrogens is 353 g/mol. The number of pyridine rings is 1. The minimum atomic E-state index is -0.577. The van der Waals surface area contributed by atoms with Gasteiger partial charge in [0.15, 0.2) is 0 Å². The van der Waals surface area contributed by atoms with E-state index in [0.717, 1.165) is 0 Å². The van der Waals surface area contributed by atoms with Gasteiger partial charge in [0.1, 0.15) is 22.9 Å². The van der Waals surface area contributed by atoms with E-state index in [1.54, 1.807) is 31.4 Å². The molecule has 0 amide bonds. The van der Waals surface area contributed by atoms with Crippen LogP contribution in [0.25, 0.3) is 33.7 Å². The Morgan fingerprint density at radius 1 is 1.22 bits per heavy atom. The molecule has 0 aliphatic rings.